The maximum absolute atomic E-state index is 13.9. The van der Waals surface area contributed by atoms with Crippen molar-refractivity contribution in [3.05, 3.63) is 89.7 Å². The van der Waals surface area contributed by atoms with Crippen molar-refractivity contribution in [2.45, 2.75) is 51.4 Å². The molecule has 0 aliphatic carbocycles. The second kappa shape index (κ2) is 14.3. The van der Waals surface area contributed by atoms with E-state index in [9.17, 15) is 9.59 Å². The fourth-order valence-electron chi connectivity index (χ4n) is 5.56. The number of carbonyl (C=O) groups is 2. The lowest BCUT2D eigenvalue weighted by Gasteiger charge is -2.44. The number of piperidine rings is 1. The third-order valence-electron chi connectivity index (χ3n) is 7.75. The van der Waals surface area contributed by atoms with Crippen molar-refractivity contribution in [2.24, 2.45) is 0 Å². The molecular weight excluding hydrogens is 602 g/mol. The van der Waals surface area contributed by atoms with Crippen LogP contribution in [0.25, 0.3) is 22.2 Å². The first kappa shape index (κ1) is 33.0. The van der Waals surface area contributed by atoms with Gasteiger partial charge in [-0.05, 0) is 52.9 Å². The van der Waals surface area contributed by atoms with Crippen LogP contribution in [0.4, 0.5) is 10.7 Å². The quantitative estimate of drug-likeness (QED) is 0.209. The molecule has 2 aromatic heterocycles. The van der Waals surface area contributed by atoms with E-state index in [-0.39, 0.29) is 11.9 Å². The van der Waals surface area contributed by atoms with Crippen molar-refractivity contribution < 1.29 is 14.3 Å². The molecule has 10 nitrogen and oxygen atoms in total. The second-order valence-electron chi connectivity index (χ2n) is 12.8. The number of rotatable bonds is 9. The Bertz CT molecular complexity index is 1680. The van der Waals surface area contributed by atoms with Crippen molar-refractivity contribution in [1.29, 1.82) is 0 Å². The van der Waals surface area contributed by atoms with Gasteiger partial charge >= 0.3 is 6.09 Å². The summed E-state index contributed by atoms with van der Waals surface area (Å²) in [4.78, 5) is 45.3. The number of carbonyl (C=O) groups excluding carboxylic acids is 2. The number of hydrogen-bond donors (Lipinski definition) is 2. The molecule has 1 fully saturated rings. The number of ether oxygens (including phenoxy) is 1. The van der Waals surface area contributed by atoms with E-state index in [1.807, 2.05) is 107 Å². The van der Waals surface area contributed by atoms with E-state index < -0.39 is 17.7 Å². The van der Waals surface area contributed by atoms with Gasteiger partial charge in [-0.2, -0.15) is 0 Å². The molecule has 2 amide bonds. The number of halogens is 1. The van der Waals surface area contributed by atoms with Gasteiger partial charge in [0.25, 0.3) is 0 Å². The van der Waals surface area contributed by atoms with Crippen molar-refractivity contribution in [3.8, 4) is 11.3 Å². The molecule has 11 heteroatoms. The Balaban J connectivity index is 1.48. The highest BCUT2D eigenvalue weighted by Gasteiger charge is 2.39. The summed E-state index contributed by atoms with van der Waals surface area (Å²) in [5.41, 5.74) is 2.69. The lowest BCUT2D eigenvalue weighted by Crippen LogP contribution is -2.60. The first-order chi connectivity index (χ1) is 22.0. The Kier molecular flexibility index (Phi) is 10.3. The number of likely N-dealkylation sites (N-methyl/N-ethyl adjacent to an activating group) is 1. The molecule has 1 saturated heterocycles. The summed E-state index contributed by atoms with van der Waals surface area (Å²) in [5.74, 6) is 0.285. The normalized spacial score (nSPS) is 17.1. The van der Waals surface area contributed by atoms with Gasteiger partial charge in [0.2, 0.25) is 11.9 Å². The lowest BCUT2D eigenvalue weighted by molar-refractivity contribution is -0.128. The van der Waals surface area contributed by atoms with Gasteiger partial charge in [0.15, 0.2) is 0 Å². The van der Waals surface area contributed by atoms with Crippen LogP contribution in [-0.4, -0.2) is 93.1 Å². The number of aromatic amines is 1. The van der Waals surface area contributed by atoms with Gasteiger partial charge in [-0.25, -0.2) is 14.8 Å². The van der Waals surface area contributed by atoms with Crippen LogP contribution in [0.2, 0.25) is 5.02 Å². The molecule has 2 atom stereocenters. The molecule has 3 heterocycles. The molecule has 4 aromatic rings. The van der Waals surface area contributed by atoms with Crippen LogP contribution in [0.1, 0.15) is 32.8 Å². The topological polar surface area (TPSA) is 107 Å². The van der Waals surface area contributed by atoms with Gasteiger partial charge in [-0.3, -0.25) is 9.69 Å². The molecule has 0 radical (unpaired) electrons. The minimum Gasteiger partial charge on any atom is -0.444 e. The van der Waals surface area contributed by atoms with Gasteiger partial charge in [0.05, 0.1) is 29.0 Å². The van der Waals surface area contributed by atoms with Crippen LogP contribution in [0.5, 0.6) is 0 Å². The summed E-state index contributed by atoms with van der Waals surface area (Å²) in [5, 5.41) is 4.93. The van der Waals surface area contributed by atoms with Crippen molar-refractivity contribution >= 4 is 40.5 Å². The third-order valence-corrected chi connectivity index (χ3v) is 8.03. The molecule has 2 N–H and O–H groups in total. The smallest absolute Gasteiger partial charge is 0.410 e. The van der Waals surface area contributed by atoms with Gasteiger partial charge < -0.3 is 24.8 Å². The molecule has 0 spiro atoms. The number of nitrogens with zero attached hydrogens (tertiary/aromatic N) is 5. The average molecular weight is 644 g/mol. The Morgan fingerprint density at radius 1 is 1.13 bits per heavy atom. The zero-order valence-electron chi connectivity index (χ0n) is 27.0. The predicted molar refractivity (Wildman–Crippen MR) is 183 cm³/mol. The van der Waals surface area contributed by atoms with E-state index in [4.69, 9.17) is 21.3 Å². The number of anilines is 1. The number of likely N-dealkylation sites (tertiary alicyclic amines) is 1. The van der Waals surface area contributed by atoms with E-state index in [1.54, 1.807) is 22.1 Å². The first-order valence-electron chi connectivity index (χ1n) is 15.5. The maximum Gasteiger partial charge on any atom is 0.410 e. The molecule has 1 unspecified atom stereocenters. The summed E-state index contributed by atoms with van der Waals surface area (Å²) in [6.07, 6.45) is 7.04. The van der Waals surface area contributed by atoms with Crippen molar-refractivity contribution in [3.63, 3.8) is 0 Å². The molecular formula is C35H42ClN7O3. The summed E-state index contributed by atoms with van der Waals surface area (Å²) < 4.78 is 5.92. The minimum atomic E-state index is -0.707. The molecule has 242 valence electrons. The molecule has 5 rings (SSSR count). The standard InChI is InChI=1S/C35H42ClN7O3/c1-35(2,3)46-34(45)43(22-24-12-7-6-8-13-24)30-23-42(31(44)16-11-18-41(4)5)19-17-29(30)39-33-38-21-27(36)32(40-33)26-20-37-28-15-10-9-14-25(26)28/h6-16,20-21,29-30,37H,17-19,22-23H2,1-5H3,(H,38,39,40)/b16-11+/t29?,30-/m1/s1. The van der Waals surface area contributed by atoms with Gasteiger partial charge in [-0.15, -0.1) is 0 Å². The molecule has 2 aromatic carbocycles. The monoisotopic (exact) mass is 643 g/mol. The van der Waals surface area contributed by atoms with Crippen LogP contribution in [0.3, 0.4) is 0 Å². The number of H-pyrrole nitrogens is 1. The highest BCUT2D eigenvalue weighted by molar-refractivity contribution is 6.33. The van der Waals surface area contributed by atoms with Gasteiger partial charge in [-0.1, -0.05) is 66.2 Å². The molecule has 0 bridgehead atoms. The minimum absolute atomic E-state index is 0.0986. The molecule has 1 aliphatic heterocycles. The number of hydrogen-bond acceptors (Lipinski definition) is 7. The van der Waals surface area contributed by atoms with E-state index in [0.29, 0.717) is 49.3 Å². The number of nitrogens with one attached hydrogen (secondary N) is 2. The summed E-state index contributed by atoms with van der Waals surface area (Å²) in [7, 11) is 3.90. The predicted octanol–water partition coefficient (Wildman–Crippen LogP) is 6.21. The molecule has 1 aliphatic rings. The van der Waals surface area contributed by atoms with E-state index >= 15 is 0 Å². The number of fused-ring (bicyclic) bond motifs is 1. The highest BCUT2D eigenvalue weighted by Crippen LogP contribution is 2.33. The molecule has 46 heavy (non-hydrogen) atoms. The van der Waals surface area contributed by atoms with Crippen LogP contribution < -0.4 is 5.32 Å². The van der Waals surface area contributed by atoms with Crippen molar-refractivity contribution in [2.75, 3.05) is 39.0 Å². The fraction of sp³-hybridized carbons (Fsp3) is 0.371. The first-order valence-corrected chi connectivity index (χ1v) is 15.9. The summed E-state index contributed by atoms with van der Waals surface area (Å²) in [6.45, 7) is 7.30. The zero-order chi connectivity index (χ0) is 32.8. The third kappa shape index (κ3) is 8.24. The Morgan fingerprint density at radius 3 is 2.61 bits per heavy atom. The summed E-state index contributed by atoms with van der Waals surface area (Å²) >= 11 is 6.63. The lowest BCUT2D eigenvalue weighted by atomic mass is 9.97. The van der Waals surface area contributed by atoms with Crippen LogP contribution in [-0.2, 0) is 16.1 Å². The molecule has 0 saturated carbocycles. The second-order valence-corrected chi connectivity index (χ2v) is 13.2. The van der Waals surface area contributed by atoms with E-state index in [1.165, 1.54) is 0 Å². The fourth-order valence-corrected chi connectivity index (χ4v) is 5.76. The van der Waals surface area contributed by atoms with Gasteiger partial charge in [0.1, 0.15) is 5.60 Å². The van der Waals surface area contributed by atoms with Gasteiger partial charge in [0, 0.05) is 54.9 Å². The van der Waals surface area contributed by atoms with E-state index in [2.05, 4.69) is 15.3 Å². The SMILES string of the molecule is CN(C)C/C=C/C(=O)N1CCC(Nc2ncc(Cl)c(-c3c[nH]c4ccccc34)n2)[C@H](N(Cc2ccccc2)C(=O)OC(C)(C)C)C1. The zero-order valence-corrected chi connectivity index (χ0v) is 27.8. The van der Waals surface area contributed by atoms with Crippen LogP contribution in [0, 0.1) is 0 Å². The number of aromatic nitrogens is 3. The van der Waals surface area contributed by atoms with E-state index in [0.717, 1.165) is 22.0 Å². The highest BCUT2D eigenvalue weighted by atomic mass is 35.5. The van der Waals surface area contributed by atoms with Crippen molar-refractivity contribution in [1.82, 2.24) is 29.7 Å². The number of para-hydroxylation sites is 1. The van der Waals surface area contributed by atoms with Crippen LogP contribution >= 0.6 is 11.6 Å². The average Bonchev–Trinajstić information content (AvgIpc) is 3.44. The Labute approximate surface area is 275 Å². The number of amides is 2. The maximum atomic E-state index is 13.9. The summed E-state index contributed by atoms with van der Waals surface area (Å²) in [6, 6.07) is 17.0. The largest absolute Gasteiger partial charge is 0.444 e. The number of benzene rings is 2. The Hall–Kier alpha value is -4.41. The van der Waals surface area contributed by atoms with Crippen LogP contribution in [0.15, 0.2) is 79.1 Å². The Morgan fingerprint density at radius 2 is 1.87 bits per heavy atom.